The van der Waals surface area contributed by atoms with Crippen LogP contribution in [-0.4, -0.2) is 72.1 Å². The fourth-order valence-corrected chi connectivity index (χ4v) is 11.9. The van der Waals surface area contributed by atoms with E-state index in [1.54, 1.807) is 0 Å². The summed E-state index contributed by atoms with van der Waals surface area (Å²) < 4.78 is 4.56. The Hall–Kier alpha value is -4.58. The third-order valence-electron chi connectivity index (χ3n) is 15.5. The van der Waals surface area contributed by atoms with Crippen LogP contribution in [-0.2, 0) is 13.1 Å². The molecule has 2 saturated heterocycles. The van der Waals surface area contributed by atoms with Gasteiger partial charge in [0.2, 0.25) is 0 Å². The van der Waals surface area contributed by atoms with E-state index < -0.39 is 0 Å². The van der Waals surface area contributed by atoms with Gasteiger partial charge >= 0.3 is 7.05 Å². The molecule has 2 fully saturated rings. The number of aromatic nitrogens is 6. The Morgan fingerprint density at radius 1 is 0.648 bits per heavy atom. The molecule has 10 rings (SSSR count). The molecular formula is C59H83BCl2N8O+2. The lowest BCUT2D eigenvalue weighted by Crippen LogP contribution is -2.43. The molecular weight excluding hydrogens is 918 g/mol. The Labute approximate surface area is 438 Å². The van der Waals surface area contributed by atoms with Gasteiger partial charge in [0.25, 0.3) is 0 Å². The molecule has 0 spiro atoms. The zero-order valence-corrected chi connectivity index (χ0v) is 41.6. The van der Waals surface area contributed by atoms with E-state index in [9.17, 15) is 5.02 Å². The minimum Gasteiger partial charge on any atom is -0.437 e. The molecule has 380 valence electrons. The Bertz CT molecular complexity index is 2590. The van der Waals surface area contributed by atoms with Crippen LogP contribution in [0.5, 0.6) is 0 Å². The van der Waals surface area contributed by atoms with Gasteiger partial charge in [0.1, 0.15) is 32.6 Å². The number of rotatable bonds is 11. The maximum atomic E-state index is 10.1. The molecule has 2 aliphatic heterocycles. The van der Waals surface area contributed by atoms with E-state index in [1.165, 1.54) is 68.0 Å². The van der Waals surface area contributed by atoms with Crippen molar-refractivity contribution < 1.29 is 5.02 Å². The number of halogens is 2. The van der Waals surface area contributed by atoms with Crippen LogP contribution in [0.2, 0.25) is 6.82 Å². The van der Waals surface area contributed by atoms with Crippen molar-refractivity contribution in [3.05, 3.63) is 164 Å². The van der Waals surface area contributed by atoms with E-state index in [0.29, 0.717) is 23.7 Å². The molecule has 0 aromatic carbocycles. The molecule has 71 heavy (non-hydrogen) atoms. The molecule has 4 aliphatic carbocycles. The molecule has 4 aromatic heterocycles. The monoisotopic (exact) mass is 1000 g/mol. The van der Waals surface area contributed by atoms with Gasteiger partial charge in [-0.2, -0.15) is 0 Å². The number of hydrogen-bond acceptors (Lipinski definition) is 7. The molecule has 12 heteroatoms. The highest BCUT2D eigenvalue weighted by molar-refractivity contribution is 6.45. The maximum absolute atomic E-state index is 10.1. The Morgan fingerprint density at radius 2 is 1.08 bits per heavy atom. The zero-order valence-electron chi connectivity index (χ0n) is 40.1. The summed E-state index contributed by atoms with van der Waals surface area (Å²) in [6, 6.07) is 8.80. The molecule has 6 aliphatic rings. The molecule has 0 amide bonds. The number of pyridine rings is 2. The standard InChI is InChI=1S/C28H35BClN4O.C27H32ClN4.4CH4/c1-19-20(2)33(18-32-19)13-5-6-22-16-23-17-24(30)8-9-25(23)27(28-26(22)7-4-12-31-28)21-10-14-34(15-11-21)29(3)35;1-18-19(2)32(17-31-18)14-4-5-21-15-22-16-23(28)7-8-24(22)26(20-9-12-29-13-10-20)27-25(21)6-3-11-30-27;;;;/h4,7-9,12,17-18,21-22,35H,5-6,10-11,13-16H2,1-3H3;3,6-8,11,16-17,20-21,29H,4-5,9-10,12-15H2,1-2H3;4*1H4/q2*+1;;;;. The molecule has 6 heterocycles. The summed E-state index contributed by atoms with van der Waals surface area (Å²) >= 11 is 13.0. The number of nitrogens with zero attached hydrogens (tertiary/aromatic N) is 7. The Kier molecular flexibility index (Phi) is 20.9. The van der Waals surface area contributed by atoms with Crippen molar-refractivity contribution in [3.63, 3.8) is 0 Å². The van der Waals surface area contributed by atoms with Gasteiger partial charge in [-0.3, -0.25) is 0 Å². The first-order chi connectivity index (χ1) is 32.5. The van der Waals surface area contributed by atoms with Crippen molar-refractivity contribution in [3.8, 4) is 0 Å². The van der Waals surface area contributed by atoms with E-state index in [-0.39, 0.29) is 36.8 Å². The van der Waals surface area contributed by atoms with Crippen LogP contribution in [0.15, 0.2) is 107 Å². The number of aryl methyl sites for hydroxylation is 4. The summed E-state index contributed by atoms with van der Waals surface area (Å²) in [6.07, 6.45) is 31.6. The van der Waals surface area contributed by atoms with Gasteiger partial charge in [0, 0.05) is 110 Å². The lowest BCUT2D eigenvalue weighted by Gasteiger charge is -2.33. The smallest absolute Gasteiger partial charge is 0.376 e. The largest absolute Gasteiger partial charge is 0.437 e. The van der Waals surface area contributed by atoms with E-state index in [1.807, 2.05) is 37.9 Å². The van der Waals surface area contributed by atoms with Crippen LogP contribution in [0.3, 0.4) is 0 Å². The summed E-state index contributed by atoms with van der Waals surface area (Å²) in [5.74, 6) is 4.52. The number of fused-ring (bicyclic) bond motifs is 4. The first-order valence-corrected chi connectivity index (χ1v) is 25.6. The molecule has 2 atom stereocenters. The first kappa shape index (κ1) is 57.3. The van der Waals surface area contributed by atoms with Gasteiger partial charge in [-0.1, -0.05) is 41.8 Å². The fourth-order valence-electron chi connectivity index (χ4n) is 11.5. The van der Waals surface area contributed by atoms with Crippen molar-refractivity contribution in [2.45, 2.75) is 153 Å². The Balaban J connectivity index is 0.000000251. The second-order valence-electron chi connectivity index (χ2n) is 19.6. The second-order valence-corrected chi connectivity index (χ2v) is 20.5. The average molecular weight is 1000 g/mol. The number of hydrogen-bond donors (Lipinski definition) is 2. The van der Waals surface area contributed by atoms with E-state index in [2.05, 4.69) is 112 Å². The number of allylic oxidation sites excluding steroid dienone is 12. The highest BCUT2D eigenvalue weighted by Crippen LogP contribution is 2.50. The van der Waals surface area contributed by atoms with Gasteiger partial charge in [-0.05, 0) is 170 Å². The van der Waals surface area contributed by atoms with Crippen LogP contribution in [0.1, 0.15) is 151 Å². The van der Waals surface area contributed by atoms with Crippen LogP contribution < -0.4 is 5.32 Å². The quantitative estimate of drug-likeness (QED) is 0.114. The third kappa shape index (κ3) is 12.8. The maximum Gasteiger partial charge on any atom is 0.376 e. The number of piperidine rings is 2. The highest BCUT2D eigenvalue weighted by Gasteiger charge is 2.41. The second kappa shape index (κ2) is 25.9. The SMILES string of the molecule is C.C.C.C.CB(O)N1CCC(C2=C3C=CC(Cl)=C[C+]3CC(CCCn3cnc(C)c3C)c3cccnc32)CC1.Cc1ncn(CCCC2C[C+]3C=C(Cl)C=CC3=C(C3CCNCC3)c3ncccc32)c1C. The predicted octanol–water partition coefficient (Wildman–Crippen LogP) is 14.1. The summed E-state index contributed by atoms with van der Waals surface area (Å²) in [4.78, 5) is 21.1. The van der Waals surface area contributed by atoms with Crippen LogP contribution >= 0.6 is 23.2 Å². The summed E-state index contributed by atoms with van der Waals surface area (Å²) in [5, 5.41) is 15.2. The van der Waals surface area contributed by atoms with Crippen molar-refractivity contribution >= 4 is 41.4 Å². The van der Waals surface area contributed by atoms with E-state index >= 15 is 0 Å². The van der Waals surface area contributed by atoms with Gasteiger partial charge in [0.05, 0.1) is 35.2 Å². The fraction of sp³-hybridized carbons (Fsp3) is 0.492. The highest BCUT2D eigenvalue weighted by atomic mass is 35.5. The van der Waals surface area contributed by atoms with Crippen LogP contribution in [0.4, 0.5) is 0 Å². The first-order valence-electron chi connectivity index (χ1n) is 24.8. The van der Waals surface area contributed by atoms with Gasteiger partial charge in [-0.15, -0.1) is 0 Å². The topological polar surface area (TPSA) is 96.9 Å². The molecule has 0 radical (unpaired) electrons. The van der Waals surface area contributed by atoms with Crippen molar-refractivity contribution in [2.75, 3.05) is 26.2 Å². The lowest BCUT2D eigenvalue weighted by molar-refractivity contribution is 0.281. The minimum absolute atomic E-state index is 0. The molecule has 2 N–H and O–H groups in total. The van der Waals surface area contributed by atoms with Crippen molar-refractivity contribution in [2.24, 2.45) is 11.8 Å². The number of imidazole rings is 2. The summed E-state index contributed by atoms with van der Waals surface area (Å²) in [6.45, 7) is 16.3. The van der Waals surface area contributed by atoms with Crippen molar-refractivity contribution in [1.29, 1.82) is 0 Å². The molecule has 4 aromatic rings. The van der Waals surface area contributed by atoms with Crippen molar-refractivity contribution in [1.82, 2.24) is 39.2 Å². The van der Waals surface area contributed by atoms with Crippen LogP contribution in [0, 0.1) is 51.4 Å². The number of nitrogens with one attached hydrogen (secondary N) is 1. The lowest BCUT2D eigenvalue weighted by atomic mass is 9.76. The molecule has 9 nitrogen and oxygen atoms in total. The van der Waals surface area contributed by atoms with Gasteiger partial charge in [0.15, 0.2) is 0 Å². The van der Waals surface area contributed by atoms with E-state index in [4.69, 9.17) is 33.2 Å². The predicted molar refractivity (Wildman–Crippen MR) is 302 cm³/mol. The minimum atomic E-state index is -0.390. The van der Waals surface area contributed by atoms with Gasteiger partial charge in [-0.25, -0.2) is 19.9 Å². The van der Waals surface area contributed by atoms with Gasteiger partial charge < -0.3 is 24.3 Å². The van der Waals surface area contributed by atoms with E-state index in [0.717, 1.165) is 125 Å². The average Bonchev–Trinajstić information content (AvgIpc) is 3.73. The molecule has 0 bridgehead atoms. The summed E-state index contributed by atoms with van der Waals surface area (Å²) in [7, 11) is -0.390. The Morgan fingerprint density at radius 3 is 1.49 bits per heavy atom. The normalized spacial score (nSPS) is 19.9. The zero-order chi connectivity index (χ0) is 46.6. The molecule has 2 unspecified atom stereocenters. The van der Waals surface area contributed by atoms with Crippen LogP contribution in [0.25, 0.3) is 11.1 Å². The summed E-state index contributed by atoms with van der Waals surface area (Å²) in [5.41, 5.74) is 15.4. The molecule has 0 saturated carbocycles. The third-order valence-corrected chi connectivity index (χ3v) is 16.0.